The molecule has 1 aliphatic rings. The number of benzene rings is 2. The van der Waals surface area contributed by atoms with Gasteiger partial charge >= 0.3 is 0 Å². The van der Waals surface area contributed by atoms with Gasteiger partial charge in [-0.1, -0.05) is 54.6 Å². The normalized spacial score (nSPS) is 15.8. The van der Waals surface area contributed by atoms with Crippen molar-refractivity contribution in [1.29, 1.82) is 0 Å². The molecule has 4 rings (SSSR count). The predicted octanol–water partition coefficient (Wildman–Crippen LogP) is 4.19. The molecule has 1 aliphatic heterocycles. The van der Waals surface area contributed by atoms with Gasteiger partial charge < -0.3 is 14.7 Å². The van der Waals surface area contributed by atoms with Gasteiger partial charge in [-0.2, -0.15) is 0 Å². The largest absolute Gasteiger partial charge is 0.503 e. The van der Waals surface area contributed by atoms with Crippen LogP contribution in [-0.2, 0) is 22.6 Å². The molecule has 32 heavy (non-hydrogen) atoms. The zero-order valence-electron chi connectivity index (χ0n) is 17.8. The number of nitrogens with zero attached hydrogens (tertiary/aromatic N) is 2. The van der Waals surface area contributed by atoms with Crippen LogP contribution >= 0.6 is 0 Å². The average molecular weight is 428 g/mol. The summed E-state index contributed by atoms with van der Waals surface area (Å²) in [4.78, 5) is 32.0. The molecule has 0 saturated carbocycles. The van der Waals surface area contributed by atoms with Gasteiger partial charge in [0.25, 0.3) is 5.91 Å². The molecule has 6 heteroatoms. The molecule has 0 radical (unpaired) electrons. The van der Waals surface area contributed by atoms with Crippen LogP contribution in [0.15, 0.2) is 90.5 Å². The fourth-order valence-electron chi connectivity index (χ4n) is 4.04. The Balaban J connectivity index is 1.70. The van der Waals surface area contributed by atoms with Gasteiger partial charge in [-0.25, -0.2) is 0 Å². The lowest BCUT2D eigenvalue weighted by atomic mass is 9.92. The Hall–Kier alpha value is -3.93. The second-order valence-corrected chi connectivity index (χ2v) is 7.61. The topological polar surface area (TPSA) is 79.7 Å². The first kappa shape index (κ1) is 21.3. The third kappa shape index (κ3) is 4.25. The highest BCUT2D eigenvalue weighted by atomic mass is 16.5. The summed E-state index contributed by atoms with van der Waals surface area (Å²) in [5.74, 6) is -0.787. The number of amides is 1. The number of hydrogen-bond donors (Lipinski definition) is 1. The van der Waals surface area contributed by atoms with Gasteiger partial charge in [-0.15, -0.1) is 0 Å². The molecule has 3 aromatic rings. The Morgan fingerprint density at radius 1 is 1.03 bits per heavy atom. The fraction of sp³-hybridized carbons (Fsp3) is 0.192. The van der Waals surface area contributed by atoms with Gasteiger partial charge in [0.1, 0.15) is 5.75 Å². The summed E-state index contributed by atoms with van der Waals surface area (Å²) in [5.41, 5.74) is 2.58. The number of ether oxygens (including phenoxy) is 1. The maximum atomic E-state index is 13.3. The molecule has 6 nitrogen and oxygen atoms in total. The lowest BCUT2D eigenvalue weighted by Gasteiger charge is -2.28. The molecule has 0 spiro atoms. The monoisotopic (exact) mass is 428 g/mol. The fourth-order valence-corrected chi connectivity index (χ4v) is 4.04. The Kier molecular flexibility index (Phi) is 6.31. The molecule has 1 amide bonds. The molecule has 162 valence electrons. The summed E-state index contributed by atoms with van der Waals surface area (Å²) in [6.07, 6.45) is 4.02. The molecular formula is C26H24N2O4. The zero-order valence-corrected chi connectivity index (χ0v) is 17.8. The van der Waals surface area contributed by atoms with Crippen molar-refractivity contribution in [3.8, 4) is 5.75 Å². The number of ketones is 1. The standard InChI is InChI=1S/C26H24N2O4/c1-32-22-12-6-5-11-20(22)24-23(21(29)14-13-18-8-3-2-4-9-18)25(30)26(31)28(24)17-19-10-7-15-27-16-19/h2-12,15-16,24,30H,13-14,17H2,1H3. The number of carbonyl (C=O) groups is 2. The first-order valence-corrected chi connectivity index (χ1v) is 10.4. The predicted molar refractivity (Wildman–Crippen MR) is 120 cm³/mol. The number of rotatable bonds is 8. The minimum absolute atomic E-state index is 0.110. The quantitative estimate of drug-likeness (QED) is 0.582. The number of carbonyl (C=O) groups excluding carboxylic acids is 2. The van der Waals surface area contributed by atoms with E-state index in [0.717, 1.165) is 11.1 Å². The van der Waals surface area contributed by atoms with Gasteiger partial charge in [-0.3, -0.25) is 14.6 Å². The summed E-state index contributed by atoms with van der Waals surface area (Å²) >= 11 is 0. The van der Waals surface area contributed by atoms with Crippen LogP contribution in [0.4, 0.5) is 0 Å². The zero-order chi connectivity index (χ0) is 22.5. The number of pyridine rings is 1. The van der Waals surface area contributed by atoms with Crippen molar-refractivity contribution in [3.63, 3.8) is 0 Å². The van der Waals surface area contributed by atoms with Crippen molar-refractivity contribution >= 4 is 11.7 Å². The molecule has 1 unspecified atom stereocenters. The third-order valence-corrected chi connectivity index (χ3v) is 5.60. The molecule has 0 saturated heterocycles. The third-order valence-electron chi connectivity index (χ3n) is 5.60. The lowest BCUT2D eigenvalue weighted by molar-refractivity contribution is -0.130. The van der Waals surface area contributed by atoms with Gasteiger partial charge in [0.2, 0.25) is 0 Å². The number of para-hydroxylation sites is 1. The molecule has 1 atom stereocenters. The minimum Gasteiger partial charge on any atom is -0.503 e. The average Bonchev–Trinajstić information content (AvgIpc) is 3.08. The Labute approximate surface area is 186 Å². The Morgan fingerprint density at radius 2 is 1.75 bits per heavy atom. The van der Waals surface area contributed by atoms with Crippen LogP contribution in [0, 0.1) is 0 Å². The molecule has 1 aromatic heterocycles. The van der Waals surface area contributed by atoms with E-state index in [1.165, 1.54) is 4.90 Å². The molecule has 1 N–H and O–H groups in total. The van der Waals surface area contributed by atoms with Crippen LogP contribution < -0.4 is 4.74 Å². The van der Waals surface area contributed by atoms with E-state index >= 15 is 0 Å². The number of aliphatic hydroxyl groups excluding tert-OH is 1. The van der Waals surface area contributed by atoms with E-state index < -0.39 is 17.7 Å². The first-order valence-electron chi connectivity index (χ1n) is 10.4. The van der Waals surface area contributed by atoms with Crippen LogP contribution in [0.3, 0.4) is 0 Å². The van der Waals surface area contributed by atoms with Gasteiger partial charge in [0.15, 0.2) is 11.5 Å². The molecule has 2 aromatic carbocycles. The van der Waals surface area contributed by atoms with Crippen molar-refractivity contribution in [1.82, 2.24) is 9.88 Å². The summed E-state index contributed by atoms with van der Waals surface area (Å²) in [5, 5.41) is 10.8. The van der Waals surface area contributed by atoms with E-state index in [0.29, 0.717) is 17.7 Å². The molecule has 0 fully saturated rings. The van der Waals surface area contributed by atoms with Crippen molar-refractivity contribution in [2.75, 3.05) is 7.11 Å². The number of aliphatic hydroxyl groups is 1. The van der Waals surface area contributed by atoms with Crippen LogP contribution in [0.2, 0.25) is 0 Å². The van der Waals surface area contributed by atoms with Crippen LogP contribution in [0.1, 0.15) is 29.2 Å². The molecule has 0 bridgehead atoms. The number of hydrogen-bond acceptors (Lipinski definition) is 5. The van der Waals surface area contributed by atoms with Crippen LogP contribution in [-0.4, -0.2) is 33.8 Å². The minimum atomic E-state index is -0.748. The van der Waals surface area contributed by atoms with Crippen LogP contribution in [0.25, 0.3) is 0 Å². The molecule has 0 aliphatic carbocycles. The molecule has 2 heterocycles. The maximum absolute atomic E-state index is 13.3. The second-order valence-electron chi connectivity index (χ2n) is 7.61. The SMILES string of the molecule is COc1ccccc1C1C(C(=O)CCc2ccccc2)=C(O)C(=O)N1Cc1cccnc1. The Bertz CT molecular complexity index is 1140. The van der Waals surface area contributed by atoms with Crippen molar-refractivity contribution in [2.45, 2.75) is 25.4 Å². The number of aryl methyl sites for hydroxylation is 1. The maximum Gasteiger partial charge on any atom is 0.290 e. The highest BCUT2D eigenvalue weighted by molar-refractivity contribution is 6.09. The van der Waals surface area contributed by atoms with Gasteiger partial charge in [0, 0.05) is 30.9 Å². The summed E-state index contributed by atoms with van der Waals surface area (Å²) in [6, 6.07) is 19.8. The Morgan fingerprint density at radius 3 is 2.47 bits per heavy atom. The second kappa shape index (κ2) is 9.47. The first-order chi connectivity index (χ1) is 15.6. The summed E-state index contributed by atoms with van der Waals surface area (Å²) in [7, 11) is 1.54. The van der Waals surface area contributed by atoms with Crippen molar-refractivity contribution in [2.24, 2.45) is 0 Å². The smallest absolute Gasteiger partial charge is 0.290 e. The number of aromatic nitrogens is 1. The molecular weight excluding hydrogens is 404 g/mol. The van der Waals surface area contributed by atoms with E-state index in [2.05, 4.69) is 4.98 Å². The van der Waals surface area contributed by atoms with E-state index in [1.807, 2.05) is 54.6 Å². The summed E-state index contributed by atoms with van der Waals surface area (Å²) in [6.45, 7) is 0.203. The summed E-state index contributed by atoms with van der Waals surface area (Å²) < 4.78 is 5.52. The number of Topliss-reactive ketones (excluding diaryl/α,β-unsaturated/α-hetero) is 1. The van der Waals surface area contributed by atoms with E-state index in [9.17, 15) is 14.7 Å². The van der Waals surface area contributed by atoms with Crippen molar-refractivity contribution < 1.29 is 19.4 Å². The number of methoxy groups -OCH3 is 1. The van der Waals surface area contributed by atoms with Crippen molar-refractivity contribution in [3.05, 3.63) is 107 Å². The highest BCUT2D eigenvalue weighted by Gasteiger charge is 2.44. The van der Waals surface area contributed by atoms with Gasteiger partial charge in [0.05, 0.1) is 18.7 Å². The van der Waals surface area contributed by atoms with E-state index in [-0.39, 0.29) is 24.3 Å². The van der Waals surface area contributed by atoms with Crippen LogP contribution in [0.5, 0.6) is 5.75 Å². The van der Waals surface area contributed by atoms with Gasteiger partial charge in [-0.05, 0) is 29.7 Å². The highest BCUT2D eigenvalue weighted by Crippen LogP contribution is 2.42. The van der Waals surface area contributed by atoms with E-state index in [4.69, 9.17) is 4.74 Å². The van der Waals surface area contributed by atoms with E-state index in [1.54, 1.807) is 31.6 Å². The lowest BCUT2D eigenvalue weighted by Crippen LogP contribution is -2.31.